The van der Waals surface area contributed by atoms with Crippen molar-refractivity contribution in [3.63, 3.8) is 0 Å². The van der Waals surface area contributed by atoms with Crippen molar-refractivity contribution in [2.75, 3.05) is 20.1 Å². The van der Waals surface area contributed by atoms with E-state index in [1.54, 1.807) is 6.08 Å². The number of aldehydes is 1. The van der Waals surface area contributed by atoms with Crippen LogP contribution in [0.15, 0.2) is 46.8 Å². The molecular formula is C22H30F2N2O3. The monoisotopic (exact) mass is 408 g/mol. The number of allylic oxidation sites excluding steroid dienone is 6. The van der Waals surface area contributed by atoms with Crippen molar-refractivity contribution in [3.05, 3.63) is 46.8 Å². The Balaban J connectivity index is 2.17. The molecule has 0 aromatic heterocycles. The fraction of sp³-hybridized carbons (Fsp3) is 0.545. The third-order valence-electron chi connectivity index (χ3n) is 5.54. The summed E-state index contributed by atoms with van der Waals surface area (Å²) in [5, 5.41) is 14.7. The Morgan fingerprint density at radius 2 is 1.97 bits per heavy atom. The van der Waals surface area contributed by atoms with E-state index < -0.39 is 17.2 Å². The molecule has 1 N–H and O–H groups in total. The first-order valence-corrected chi connectivity index (χ1v) is 9.89. The van der Waals surface area contributed by atoms with Crippen LogP contribution in [0.2, 0.25) is 0 Å². The highest BCUT2D eigenvalue weighted by atomic mass is 19.2. The summed E-state index contributed by atoms with van der Waals surface area (Å²) >= 11 is 0. The van der Waals surface area contributed by atoms with Gasteiger partial charge in [-0.1, -0.05) is 17.7 Å². The molecule has 2 rings (SSSR count). The van der Waals surface area contributed by atoms with E-state index >= 15 is 0 Å². The van der Waals surface area contributed by atoms with Gasteiger partial charge in [0.1, 0.15) is 11.6 Å². The molecular weight excluding hydrogens is 378 g/mol. The van der Waals surface area contributed by atoms with E-state index in [1.165, 1.54) is 6.08 Å². The summed E-state index contributed by atoms with van der Waals surface area (Å²) < 4.78 is 25.9. The zero-order valence-electron chi connectivity index (χ0n) is 17.5. The minimum absolute atomic E-state index is 0.116. The second-order valence-electron chi connectivity index (χ2n) is 8.09. The van der Waals surface area contributed by atoms with Gasteiger partial charge in [-0.2, -0.15) is 0 Å². The zero-order valence-corrected chi connectivity index (χ0v) is 17.5. The maximum atomic E-state index is 13.2. The minimum atomic E-state index is -0.911. The average Bonchev–Trinajstić information content (AvgIpc) is 3.43. The number of hydrogen-bond acceptors (Lipinski definition) is 5. The first kappa shape index (κ1) is 23.2. The number of ketones is 1. The molecule has 5 nitrogen and oxygen atoms in total. The Labute approximate surface area is 171 Å². The second-order valence-corrected chi connectivity index (χ2v) is 8.09. The van der Waals surface area contributed by atoms with Crippen LogP contribution in [0.25, 0.3) is 0 Å². The van der Waals surface area contributed by atoms with Crippen LogP contribution in [0.3, 0.4) is 0 Å². The lowest BCUT2D eigenvalue weighted by atomic mass is 9.91. The van der Waals surface area contributed by atoms with Crippen LogP contribution in [-0.2, 0) is 9.59 Å². The molecule has 1 saturated carbocycles. The Morgan fingerprint density at radius 1 is 1.31 bits per heavy atom. The summed E-state index contributed by atoms with van der Waals surface area (Å²) in [5.41, 5.74) is -0.0592. The molecule has 29 heavy (non-hydrogen) atoms. The van der Waals surface area contributed by atoms with E-state index in [2.05, 4.69) is 0 Å². The van der Waals surface area contributed by atoms with Crippen molar-refractivity contribution in [1.82, 2.24) is 10.0 Å². The second kappa shape index (κ2) is 9.59. The molecule has 160 valence electrons. The first-order chi connectivity index (χ1) is 13.6. The molecule has 1 aliphatic carbocycles. The van der Waals surface area contributed by atoms with Crippen molar-refractivity contribution >= 4 is 12.1 Å². The van der Waals surface area contributed by atoms with Crippen LogP contribution >= 0.6 is 0 Å². The van der Waals surface area contributed by atoms with Gasteiger partial charge in [0.05, 0.1) is 11.1 Å². The van der Waals surface area contributed by atoms with Gasteiger partial charge >= 0.3 is 0 Å². The normalized spacial score (nSPS) is 25.4. The molecule has 0 aromatic rings. The van der Waals surface area contributed by atoms with Gasteiger partial charge < -0.3 is 5.11 Å². The molecule has 2 aliphatic rings. The molecule has 1 heterocycles. The van der Waals surface area contributed by atoms with E-state index in [-0.39, 0.29) is 23.0 Å². The summed E-state index contributed by atoms with van der Waals surface area (Å²) in [5.74, 6) is -2.36. The molecule has 0 radical (unpaired) electrons. The van der Waals surface area contributed by atoms with E-state index in [4.69, 9.17) is 0 Å². The summed E-state index contributed by atoms with van der Waals surface area (Å²) in [6.07, 6.45) is 7.63. The van der Waals surface area contributed by atoms with Crippen LogP contribution in [0.1, 0.15) is 46.5 Å². The molecule has 0 aromatic carbocycles. The van der Waals surface area contributed by atoms with E-state index in [0.29, 0.717) is 25.8 Å². The maximum Gasteiger partial charge on any atom is 0.172 e. The van der Waals surface area contributed by atoms with Crippen LogP contribution in [0.4, 0.5) is 8.78 Å². The van der Waals surface area contributed by atoms with Crippen molar-refractivity contribution < 1.29 is 23.5 Å². The third kappa shape index (κ3) is 5.48. The zero-order chi connectivity index (χ0) is 21.8. The molecule has 1 aliphatic heterocycles. The number of likely N-dealkylation sites (N-methyl/N-ethyl adjacent to an activating group) is 1. The van der Waals surface area contributed by atoms with Crippen LogP contribution in [-0.4, -0.2) is 52.9 Å². The number of hydrazine groups is 1. The number of aliphatic hydroxyl groups is 1. The van der Waals surface area contributed by atoms with Gasteiger partial charge in [0.25, 0.3) is 0 Å². The maximum absolute atomic E-state index is 13.2. The number of nitrogens with zero attached hydrogens (tertiary/aromatic N) is 2. The largest absolute Gasteiger partial charge is 0.509 e. The topological polar surface area (TPSA) is 60.9 Å². The van der Waals surface area contributed by atoms with Gasteiger partial charge in [-0.25, -0.2) is 18.8 Å². The molecule has 1 saturated heterocycles. The van der Waals surface area contributed by atoms with Gasteiger partial charge in [0.2, 0.25) is 0 Å². The van der Waals surface area contributed by atoms with Gasteiger partial charge in [-0.3, -0.25) is 9.59 Å². The summed E-state index contributed by atoms with van der Waals surface area (Å²) in [4.78, 5) is 23.9. The first-order valence-electron chi connectivity index (χ1n) is 9.89. The fourth-order valence-corrected chi connectivity index (χ4v) is 3.73. The lowest BCUT2D eigenvalue weighted by Crippen LogP contribution is -2.52. The highest BCUT2D eigenvalue weighted by Gasteiger charge is 2.45. The highest BCUT2D eigenvalue weighted by molar-refractivity contribution is 6.14. The van der Waals surface area contributed by atoms with Crippen molar-refractivity contribution in [3.8, 4) is 0 Å². The predicted molar refractivity (Wildman–Crippen MR) is 108 cm³/mol. The minimum Gasteiger partial charge on any atom is -0.509 e. The van der Waals surface area contributed by atoms with Gasteiger partial charge in [-0.05, 0) is 52.5 Å². The standard InChI is InChI=1S/C22H30F2N2O3/c1-15(7-5-8-19(24)16(2)23)13-25(4)26-12-6-11-22(26,3)21(29)18(14-27)20(28)17-9-10-17/h5,7-8,14,17,29H,6,9-13H2,1-4H3/b8-5-,15-7+,19-16-,21-18-. The van der Waals surface area contributed by atoms with Crippen molar-refractivity contribution in [1.29, 1.82) is 0 Å². The quantitative estimate of drug-likeness (QED) is 0.153. The predicted octanol–water partition coefficient (Wildman–Crippen LogP) is 4.35. The SMILES string of the molecule is C\C(F)=C(F)/C=C\C=C(/C)CN(C)N1CCCC1(C)/C(O)=C(\C=O)C(=O)C1CC1. The third-order valence-corrected chi connectivity index (χ3v) is 5.54. The summed E-state index contributed by atoms with van der Waals surface area (Å²) in [6, 6.07) is 0. The lowest BCUT2D eigenvalue weighted by molar-refractivity contribution is -0.119. The molecule has 2 fully saturated rings. The highest BCUT2D eigenvalue weighted by Crippen LogP contribution is 2.39. The number of carbonyl (C=O) groups excluding carboxylic acids is 2. The molecule has 1 unspecified atom stereocenters. The van der Waals surface area contributed by atoms with Gasteiger partial charge in [-0.15, -0.1) is 0 Å². The van der Waals surface area contributed by atoms with E-state index in [9.17, 15) is 23.5 Å². The van der Waals surface area contributed by atoms with E-state index in [1.807, 2.05) is 30.9 Å². The number of rotatable bonds is 9. The lowest BCUT2D eigenvalue weighted by Gasteiger charge is -2.41. The summed E-state index contributed by atoms with van der Waals surface area (Å²) in [7, 11) is 1.85. The molecule has 7 heteroatoms. The molecule has 1 atom stereocenters. The fourth-order valence-electron chi connectivity index (χ4n) is 3.73. The van der Waals surface area contributed by atoms with Crippen molar-refractivity contribution in [2.24, 2.45) is 5.92 Å². The average molecular weight is 408 g/mol. The van der Waals surface area contributed by atoms with Crippen LogP contribution in [0, 0.1) is 5.92 Å². The van der Waals surface area contributed by atoms with Crippen LogP contribution in [0.5, 0.6) is 0 Å². The van der Waals surface area contributed by atoms with Crippen LogP contribution < -0.4 is 0 Å². The number of halogens is 2. The van der Waals surface area contributed by atoms with Gasteiger partial charge in [0, 0.05) is 26.1 Å². The number of carbonyl (C=O) groups is 2. The molecule has 0 amide bonds. The van der Waals surface area contributed by atoms with E-state index in [0.717, 1.165) is 37.8 Å². The Kier molecular flexibility index (Phi) is 7.66. The van der Waals surface area contributed by atoms with Crippen molar-refractivity contribution in [2.45, 2.75) is 52.0 Å². The summed E-state index contributed by atoms with van der Waals surface area (Å²) in [6.45, 7) is 5.91. The molecule has 0 bridgehead atoms. The number of hydrogen-bond donors (Lipinski definition) is 1. The number of Topliss-reactive ketones (excluding diaryl/α,β-unsaturated/α-hetero) is 1. The smallest absolute Gasteiger partial charge is 0.172 e. The Bertz CT molecular complexity index is 777. The molecule has 0 spiro atoms. The Hall–Kier alpha value is -2.12. The Morgan fingerprint density at radius 3 is 2.52 bits per heavy atom. The van der Waals surface area contributed by atoms with Gasteiger partial charge in [0.15, 0.2) is 17.9 Å². The number of aliphatic hydroxyl groups excluding tert-OH is 1.